The van der Waals surface area contributed by atoms with Crippen LogP contribution in [0, 0.1) is 0 Å². The van der Waals surface area contributed by atoms with Gasteiger partial charge in [0.1, 0.15) is 0 Å². The van der Waals surface area contributed by atoms with Gasteiger partial charge in [-0.3, -0.25) is 9.59 Å². The van der Waals surface area contributed by atoms with Crippen molar-refractivity contribution < 1.29 is 23.8 Å². The van der Waals surface area contributed by atoms with Gasteiger partial charge in [0.05, 0.1) is 18.6 Å². The number of nitrogens with one attached hydrogen (secondary N) is 1. The number of rotatable bonds is 6. The molecule has 108 valence electrons. The molecule has 1 aromatic rings. The van der Waals surface area contributed by atoms with E-state index in [9.17, 15) is 9.59 Å². The molecule has 0 saturated carbocycles. The van der Waals surface area contributed by atoms with Gasteiger partial charge >= 0.3 is 0 Å². The maximum absolute atomic E-state index is 11.7. The summed E-state index contributed by atoms with van der Waals surface area (Å²) in [6.45, 7) is 0.657. The van der Waals surface area contributed by atoms with Gasteiger partial charge in [0.25, 0.3) is 0 Å². The van der Waals surface area contributed by atoms with E-state index in [4.69, 9.17) is 14.2 Å². The lowest BCUT2D eigenvalue weighted by Gasteiger charge is -2.15. The van der Waals surface area contributed by atoms with E-state index in [1.807, 2.05) is 0 Å². The fourth-order valence-electron chi connectivity index (χ4n) is 2.27. The average molecular weight is 279 g/mol. The highest BCUT2D eigenvalue weighted by molar-refractivity contribution is 5.88. The normalized spacial score (nSPS) is 17.7. The Kier molecular flexibility index (Phi) is 4.57. The monoisotopic (exact) mass is 279 g/mol. The fourth-order valence-corrected chi connectivity index (χ4v) is 2.27. The van der Waals surface area contributed by atoms with Gasteiger partial charge in [0.15, 0.2) is 24.6 Å². The van der Waals surface area contributed by atoms with Gasteiger partial charge in [-0.1, -0.05) is 0 Å². The van der Waals surface area contributed by atoms with Crippen LogP contribution in [0.1, 0.15) is 28.3 Å². The van der Waals surface area contributed by atoms with E-state index in [1.54, 1.807) is 12.1 Å². The maximum atomic E-state index is 11.7. The Morgan fingerprint density at radius 2 is 2.20 bits per heavy atom. The Labute approximate surface area is 117 Å². The van der Waals surface area contributed by atoms with Gasteiger partial charge in [0.2, 0.25) is 5.91 Å². The van der Waals surface area contributed by atoms with Crippen LogP contribution in [-0.2, 0) is 9.53 Å². The summed E-state index contributed by atoms with van der Waals surface area (Å²) in [7, 11) is 2.98. The second kappa shape index (κ2) is 6.38. The Morgan fingerprint density at radius 1 is 1.40 bits per heavy atom. The highest BCUT2D eigenvalue weighted by Crippen LogP contribution is 2.36. The molecule has 1 aliphatic rings. The lowest BCUT2D eigenvalue weighted by molar-refractivity contribution is -0.120. The molecule has 0 radical (unpaired) electrons. The first kappa shape index (κ1) is 14.3. The Morgan fingerprint density at radius 3 is 2.75 bits per heavy atom. The summed E-state index contributed by atoms with van der Waals surface area (Å²) in [5.74, 6) is 0.460. The van der Waals surface area contributed by atoms with E-state index in [0.29, 0.717) is 36.3 Å². The van der Waals surface area contributed by atoms with Crippen LogP contribution in [0.15, 0.2) is 12.1 Å². The minimum atomic E-state index is -0.251. The molecule has 1 unspecified atom stereocenters. The van der Waals surface area contributed by atoms with Crippen LogP contribution in [0.2, 0.25) is 0 Å². The van der Waals surface area contributed by atoms with Crippen molar-refractivity contribution >= 4 is 12.2 Å². The zero-order valence-electron chi connectivity index (χ0n) is 11.5. The van der Waals surface area contributed by atoms with Crippen molar-refractivity contribution in [2.75, 3.05) is 27.6 Å². The molecule has 1 fully saturated rings. The first-order valence-electron chi connectivity index (χ1n) is 6.27. The van der Waals surface area contributed by atoms with Crippen molar-refractivity contribution in [2.24, 2.45) is 0 Å². The Hall–Kier alpha value is -2.08. The third-order valence-corrected chi connectivity index (χ3v) is 3.23. The van der Waals surface area contributed by atoms with Crippen LogP contribution in [0.3, 0.4) is 0 Å². The number of amides is 1. The van der Waals surface area contributed by atoms with Crippen molar-refractivity contribution in [1.82, 2.24) is 5.32 Å². The molecule has 1 atom stereocenters. The number of aldehydes is 1. The van der Waals surface area contributed by atoms with Gasteiger partial charge in [0, 0.05) is 13.7 Å². The van der Waals surface area contributed by atoms with Crippen molar-refractivity contribution in [1.29, 1.82) is 0 Å². The van der Waals surface area contributed by atoms with Crippen molar-refractivity contribution in [3.63, 3.8) is 0 Å². The summed E-state index contributed by atoms with van der Waals surface area (Å²) in [4.78, 5) is 23.0. The first-order valence-corrected chi connectivity index (χ1v) is 6.27. The zero-order valence-corrected chi connectivity index (χ0v) is 11.5. The predicted octanol–water partition coefficient (Wildman–Crippen LogP) is 1.09. The van der Waals surface area contributed by atoms with Crippen LogP contribution in [-0.4, -0.2) is 39.8 Å². The lowest BCUT2D eigenvalue weighted by atomic mass is 9.95. The summed E-state index contributed by atoms with van der Waals surface area (Å²) >= 11 is 0. The molecular formula is C14H17NO5. The fraction of sp³-hybridized carbons (Fsp3) is 0.429. The van der Waals surface area contributed by atoms with Crippen LogP contribution >= 0.6 is 0 Å². The van der Waals surface area contributed by atoms with Gasteiger partial charge < -0.3 is 19.5 Å². The SMILES string of the molecule is COCOc1c(C=O)cc(C2CCNC2=O)cc1OC. The molecule has 0 aromatic heterocycles. The second-order valence-corrected chi connectivity index (χ2v) is 4.44. The number of methoxy groups -OCH3 is 2. The van der Waals surface area contributed by atoms with E-state index < -0.39 is 0 Å². The number of benzene rings is 1. The van der Waals surface area contributed by atoms with Gasteiger partial charge in [-0.15, -0.1) is 0 Å². The average Bonchev–Trinajstić information content (AvgIpc) is 2.90. The highest BCUT2D eigenvalue weighted by Gasteiger charge is 2.27. The Balaban J connectivity index is 2.40. The number of carbonyl (C=O) groups is 2. The molecule has 6 nitrogen and oxygen atoms in total. The summed E-state index contributed by atoms with van der Waals surface area (Å²) < 4.78 is 15.4. The van der Waals surface area contributed by atoms with Crippen molar-refractivity contribution in [2.45, 2.75) is 12.3 Å². The van der Waals surface area contributed by atoms with Crippen molar-refractivity contribution in [3.8, 4) is 11.5 Å². The van der Waals surface area contributed by atoms with Crippen LogP contribution < -0.4 is 14.8 Å². The highest BCUT2D eigenvalue weighted by atomic mass is 16.7. The van der Waals surface area contributed by atoms with Crippen LogP contribution in [0.4, 0.5) is 0 Å². The minimum Gasteiger partial charge on any atom is -0.493 e. The molecule has 0 spiro atoms. The molecule has 1 heterocycles. The molecule has 0 bridgehead atoms. The molecule has 1 saturated heterocycles. The summed E-state index contributed by atoms with van der Waals surface area (Å²) in [5, 5.41) is 2.77. The molecule has 2 rings (SSSR count). The molecule has 0 aliphatic carbocycles. The molecule has 1 aromatic carbocycles. The quantitative estimate of drug-likeness (QED) is 0.623. The minimum absolute atomic E-state index is 0.0143. The second-order valence-electron chi connectivity index (χ2n) is 4.44. The predicted molar refractivity (Wildman–Crippen MR) is 71.3 cm³/mol. The first-order chi connectivity index (χ1) is 9.71. The van der Waals surface area contributed by atoms with Crippen LogP contribution in [0.25, 0.3) is 0 Å². The number of carbonyl (C=O) groups excluding carboxylic acids is 2. The summed E-state index contributed by atoms with van der Waals surface area (Å²) in [6.07, 6.45) is 1.39. The van der Waals surface area contributed by atoms with E-state index in [1.165, 1.54) is 14.2 Å². The molecule has 6 heteroatoms. The summed E-state index contributed by atoms with van der Waals surface area (Å²) in [6, 6.07) is 3.39. The number of hydrogen-bond acceptors (Lipinski definition) is 5. The third-order valence-electron chi connectivity index (χ3n) is 3.23. The molecule has 1 N–H and O–H groups in total. The smallest absolute Gasteiger partial charge is 0.227 e. The molecule has 20 heavy (non-hydrogen) atoms. The largest absolute Gasteiger partial charge is 0.493 e. The summed E-state index contributed by atoms with van der Waals surface area (Å²) in [5.41, 5.74) is 1.10. The van der Waals surface area contributed by atoms with Crippen LogP contribution in [0.5, 0.6) is 11.5 Å². The van der Waals surface area contributed by atoms with Crippen molar-refractivity contribution in [3.05, 3.63) is 23.3 Å². The lowest BCUT2D eigenvalue weighted by Crippen LogP contribution is -2.18. The van der Waals surface area contributed by atoms with E-state index in [2.05, 4.69) is 5.32 Å². The number of hydrogen-bond donors (Lipinski definition) is 1. The maximum Gasteiger partial charge on any atom is 0.227 e. The Bertz CT molecular complexity index is 515. The van der Waals surface area contributed by atoms with E-state index in [0.717, 1.165) is 5.56 Å². The standard InChI is InChI=1S/C14H17NO5/c1-18-8-20-13-10(7-16)5-9(6-12(13)19-2)11-3-4-15-14(11)17/h5-7,11H,3-4,8H2,1-2H3,(H,15,17). The number of ether oxygens (including phenoxy) is 3. The topological polar surface area (TPSA) is 73.9 Å². The van der Waals surface area contributed by atoms with E-state index in [-0.39, 0.29) is 18.6 Å². The van der Waals surface area contributed by atoms with Gasteiger partial charge in [-0.05, 0) is 24.1 Å². The van der Waals surface area contributed by atoms with Gasteiger partial charge in [-0.2, -0.15) is 0 Å². The molecular weight excluding hydrogens is 262 g/mol. The van der Waals surface area contributed by atoms with E-state index >= 15 is 0 Å². The molecule has 1 amide bonds. The van der Waals surface area contributed by atoms with Gasteiger partial charge in [-0.25, -0.2) is 0 Å². The third kappa shape index (κ3) is 2.75. The zero-order chi connectivity index (χ0) is 14.5. The molecule has 1 aliphatic heterocycles.